The van der Waals surface area contributed by atoms with Crippen LogP contribution in [-0.4, -0.2) is 26.5 Å². The molecule has 0 aliphatic heterocycles. The molecule has 2 amide bonds. The summed E-state index contributed by atoms with van der Waals surface area (Å²) in [5.74, 6) is -0.0639. The Morgan fingerprint density at radius 2 is 1.81 bits per heavy atom. The molecule has 142 valence electrons. The molecule has 2 atom stereocenters. The number of hydrogen-bond acceptors (Lipinski definition) is 4. The van der Waals surface area contributed by atoms with Gasteiger partial charge in [0, 0.05) is 23.4 Å². The molecule has 2 unspecified atom stereocenters. The Morgan fingerprint density at radius 3 is 2.41 bits per heavy atom. The maximum Gasteiger partial charge on any atom is 0.255 e. The van der Waals surface area contributed by atoms with Crippen LogP contribution < -0.4 is 10.6 Å². The molecule has 2 N–H and O–H groups in total. The van der Waals surface area contributed by atoms with Crippen LogP contribution in [0.2, 0.25) is 5.02 Å². The summed E-state index contributed by atoms with van der Waals surface area (Å²) in [5, 5.41) is 5.73. The van der Waals surface area contributed by atoms with Crippen molar-refractivity contribution < 1.29 is 18.0 Å². The quantitative estimate of drug-likeness (QED) is 0.793. The van der Waals surface area contributed by atoms with Crippen LogP contribution in [0.25, 0.3) is 0 Å². The summed E-state index contributed by atoms with van der Waals surface area (Å²) in [6, 6.07) is 10.6. The van der Waals surface area contributed by atoms with E-state index in [2.05, 4.69) is 10.6 Å². The fourth-order valence-electron chi connectivity index (χ4n) is 2.68. The van der Waals surface area contributed by atoms with Crippen molar-refractivity contribution in [3.05, 3.63) is 53.1 Å². The van der Waals surface area contributed by atoms with Crippen molar-refractivity contribution in [1.82, 2.24) is 0 Å². The molecule has 2 aromatic rings. The van der Waals surface area contributed by atoms with Crippen LogP contribution in [0.1, 0.15) is 23.7 Å². The molecule has 0 radical (unpaired) electrons. The topological polar surface area (TPSA) is 92.3 Å². The van der Waals surface area contributed by atoms with Gasteiger partial charge in [-0.15, -0.1) is 0 Å². The van der Waals surface area contributed by atoms with Crippen molar-refractivity contribution >= 4 is 44.6 Å². The molecule has 0 saturated heterocycles. The third-order valence-electron chi connectivity index (χ3n) is 4.46. The minimum Gasteiger partial charge on any atom is -0.326 e. The zero-order valence-corrected chi connectivity index (χ0v) is 16.4. The third kappa shape index (κ3) is 4.67. The summed E-state index contributed by atoms with van der Waals surface area (Å²) in [4.78, 5) is 24.5. The molecule has 27 heavy (non-hydrogen) atoms. The van der Waals surface area contributed by atoms with Gasteiger partial charge in [0.1, 0.15) is 0 Å². The molecule has 3 rings (SSSR count). The fraction of sp³-hybridized carbons (Fsp3) is 0.263. The van der Waals surface area contributed by atoms with E-state index in [0.29, 0.717) is 17.3 Å². The van der Waals surface area contributed by atoms with E-state index in [1.165, 1.54) is 24.3 Å². The monoisotopic (exact) mass is 406 g/mol. The number of hydrogen-bond donors (Lipinski definition) is 2. The van der Waals surface area contributed by atoms with Crippen molar-refractivity contribution in [3.63, 3.8) is 0 Å². The summed E-state index contributed by atoms with van der Waals surface area (Å²) in [6.07, 6.45) is 1.97. The van der Waals surface area contributed by atoms with E-state index < -0.39 is 15.7 Å². The molecule has 0 bridgehead atoms. The van der Waals surface area contributed by atoms with Crippen molar-refractivity contribution in [2.75, 3.05) is 16.9 Å². The van der Waals surface area contributed by atoms with Gasteiger partial charge in [-0.05, 0) is 48.7 Å². The average molecular weight is 407 g/mol. The number of benzene rings is 2. The van der Waals surface area contributed by atoms with Gasteiger partial charge < -0.3 is 10.6 Å². The number of anilines is 2. The SMILES string of the molecule is CC1CC1C(=O)Nc1ccc(NC(=O)c2cccc(S(C)(=O)=O)c2)c(Cl)c1. The van der Waals surface area contributed by atoms with E-state index in [1.54, 1.807) is 18.2 Å². The van der Waals surface area contributed by atoms with Gasteiger partial charge in [-0.2, -0.15) is 0 Å². The van der Waals surface area contributed by atoms with E-state index >= 15 is 0 Å². The number of carbonyl (C=O) groups excluding carboxylic acids is 2. The number of nitrogens with one attached hydrogen (secondary N) is 2. The number of halogens is 1. The summed E-state index contributed by atoms with van der Waals surface area (Å²) < 4.78 is 23.3. The minimum atomic E-state index is -3.41. The van der Waals surface area contributed by atoms with Crippen LogP contribution in [0, 0.1) is 11.8 Å². The highest BCUT2D eigenvalue weighted by molar-refractivity contribution is 7.90. The van der Waals surface area contributed by atoms with Crippen LogP contribution in [0.4, 0.5) is 11.4 Å². The maximum atomic E-state index is 12.4. The van der Waals surface area contributed by atoms with Gasteiger partial charge in [0.2, 0.25) is 5.91 Å². The third-order valence-corrected chi connectivity index (χ3v) is 5.88. The highest BCUT2D eigenvalue weighted by Gasteiger charge is 2.39. The Balaban J connectivity index is 1.72. The van der Waals surface area contributed by atoms with Crippen LogP contribution in [0.15, 0.2) is 47.4 Å². The first-order valence-electron chi connectivity index (χ1n) is 8.37. The lowest BCUT2D eigenvalue weighted by atomic mass is 10.2. The molecule has 0 heterocycles. The lowest BCUT2D eigenvalue weighted by Crippen LogP contribution is -2.15. The standard InChI is InChI=1S/C19H19ClN2O4S/c1-11-8-15(11)19(24)21-13-6-7-17(16(20)10-13)22-18(23)12-4-3-5-14(9-12)27(2,25)26/h3-7,9-11,15H,8H2,1-2H3,(H,21,24)(H,22,23). The molecule has 1 saturated carbocycles. The lowest BCUT2D eigenvalue weighted by molar-refractivity contribution is -0.117. The zero-order chi connectivity index (χ0) is 19.8. The van der Waals surface area contributed by atoms with Crippen molar-refractivity contribution in [3.8, 4) is 0 Å². The van der Waals surface area contributed by atoms with Crippen LogP contribution in [0.3, 0.4) is 0 Å². The van der Waals surface area contributed by atoms with E-state index in [1.807, 2.05) is 6.92 Å². The summed E-state index contributed by atoms with van der Waals surface area (Å²) in [6.45, 7) is 2.02. The molecule has 0 aromatic heterocycles. The van der Waals surface area contributed by atoms with E-state index in [9.17, 15) is 18.0 Å². The minimum absolute atomic E-state index is 0.0343. The van der Waals surface area contributed by atoms with Gasteiger partial charge in [0.05, 0.1) is 15.6 Å². The highest BCUT2D eigenvalue weighted by atomic mass is 35.5. The van der Waals surface area contributed by atoms with Gasteiger partial charge in [0.25, 0.3) is 5.91 Å². The Hall–Kier alpha value is -2.38. The lowest BCUT2D eigenvalue weighted by Gasteiger charge is -2.11. The second-order valence-electron chi connectivity index (χ2n) is 6.76. The molecular weight excluding hydrogens is 388 g/mol. The Morgan fingerprint density at radius 1 is 1.11 bits per heavy atom. The van der Waals surface area contributed by atoms with E-state index in [0.717, 1.165) is 12.7 Å². The van der Waals surface area contributed by atoms with E-state index in [-0.39, 0.29) is 27.3 Å². The van der Waals surface area contributed by atoms with Crippen molar-refractivity contribution in [2.24, 2.45) is 11.8 Å². The van der Waals surface area contributed by atoms with Crippen LogP contribution in [-0.2, 0) is 14.6 Å². The van der Waals surface area contributed by atoms with Crippen LogP contribution >= 0.6 is 11.6 Å². The number of amides is 2. The smallest absolute Gasteiger partial charge is 0.255 e. The Labute approximate surface area is 162 Å². The van der Waals surface area contributed by atoms with Crippen LogP contribution in [0.5, 0.6) is 0 Å². The molecule has 1 fully saturated rings. The molecule has 8 heteroatoms. The molecule has 1 aliphatic carbocycles. The molecular formula is C19H19ClN2O4S. The summed E-state index contributed by atoms with van der Waals surface area (Å²) in [7, 11) is -3.41. The van der Waals surface area contributed by atoms with Gasteiger partial charge in [0.15, 0.2) is 9.84 Å². The maximum absolute atomic E-state index is 12.4. The molecule has 2 aromatic carbocycles. The zero-order valence-electron chi connectivity index (χ0n) is 14.8. The summed E-state index contributed by atoms with van der Waals surface area (Å²) >= 11 is 6.21. The number of carbonyl (C=O) groups is 2. The van der Waals surface area contributed by atoms with Gasteiger partial charge in [-0.1, -0.05) is 24.6 Å². The first kappa shape index (κ1) is 19.4. The Bertz CT molecular complexity index is 1020. The largest absolute Gasteiger partial charge is 0.326 e. The average Bonchev–Trinajstić information content (AvgIpc) is 3.33. The molecule has 0 spiro atoms. The Kier molecular flexibility index (Phi) is 5.26. The normalized spacial score (nSPS) is 18.6. The van der Waals surface area contributed by atoms with Crippen molar-refractivity contribution in [1.29, 1.82) is 0 Å². The second-order valence-corrected chi connectivity index (χ2v) is 9.18. The first-order valence-corrected chi connectivity index (χ1v) is 10.6. The van der Waals surface area contributed by atoms with Gasteiger partial charge in [-0.25, -0.2) is 8.42 Å². The predicted octanol–water partition coefficient (Wildman–Crippen LogP) is 3.59. The summed E-state index contributed by atoms with van der Waals surface area (Å²) in [5.41, 5.74) is 1.12. The van der Waals surface area contributed by atoms with Crippen molar-refractivity contribution in [2.45, 2.75) is 18.2 Å². The van der Waals surface area contributed by atoms with Gasteiger partial charge in [-0.3, -0.25) is 9.59 Å². The highest BCUT2D eigenvalue weighted by Crippen LogP contribution is 2.38. The van der Waals surface area contributed by atoms with Gasteiger partial charge >= 0.3 is 0 Å². The molecule has 6 nitrogen and oxygen atoms in total. The number of rotatable bonds is 5. The second kappa shape index (κ2) is 7.32. The number of sulfone groups is 1. The predicted molar refractivity (Wildman–Crippen MR) is 105 cm³/mol. The molecule has 1 aliphatic rings. The van der Waals surface area contributed by atoms with E-state index in [4.69, 9.17) is 11.6 Å². The first-order chi connectivity index (χ1) is 12.6. The fourth-order valence-corrected chi connectivity index (χ4v) is 3.57.